The Morgan fingerprint density at radius 2 is 2.14 bits per heavy atom. The van der Waals surface area contributed by atoms with Crippen LogP contribution in [0, 0.1) is 0 Å². The summed E-state index contributed by atoms with van der Waals surface area (Å²) in [6, 6.07) is 5.76. The number of hydrogen-bond donors (Lipinski definition) is 2. The SMILES string of the molecule is COC[C@H]1CCC(=Nc2ccc3c(c2)C(NC(=O)OC(C)(C)C)[C@H](O)C3)N1C. The summed E-state index contributed by atoms with van der Waals surface area (Å²) in [4.78, 5) is 19.2. The molecule has 0 radical (unpaired) electrons. The molecule has 1 aromatic rings. The van der Waals surface area contributed by atoms with Gasteiger partial charge in [-0.05, 0) is 50.5 Å². The third kappa shape index (κ3) is 4.64. The molecule has 1 unspecified atom stereocenters. The number of benzene rings is 1. The number of carbonyl (C=O) groups is 1. The highest BCUT2D eigenvalue weighted by Gasteiger charge is 2.34. The van der Waals surface area contributed by atoms with Crippen LogP contribution in [0.2, 0.25) is 0 Å². The second kappa shape index (κ2) is 8.09. The predicted molar refractivity (Wildman–Crippen MR) is 108 cm³/mol. The quantitative estimate of drug-likeness (QED) is 0.827. The summed E-state index contributed by atoms with van der Waals surface area (Å²) in [5, 5.41) is 13.2. The molecule has 0 bridgehead atoms. The van der Waals surface area contributed by atoms with Gasteiger partial charge in [0.2, 0.25) is 0 Å². The Bertz CT molecular complexity index is 757. The van der Waals surface area contributed by atoms with Gasteiger partial charge in [0.05, 0.1) is 30.5 Å². The number of hydrogen-bond acceptors (Lipinski definition) is 5. The molecule has 3 atom stereocenters. The maximum atomic E-state index is 12.2. The first-order valence-electron chi connectivity index (χ1n) is 9.77. The molecule has 154 valence electrons. The lowest BCUT2D eigenvalue weighted by Gasteiger charge is -2.23. The second-order valence-corrected chi connectivity index (χ2v) is 8.57. The summed E-state index contributed by atoms with van der Waals surface area (Å²) in [7, 11) is 3.76. The number of aliphatic imine (C=N–C) groups is 1. The Morgan fingerprint density at radius 3 is 2.82 bits per heavy atom. The third-order valence-electron chi connectivity index (χ3n) is 5.22. The first-order valence-corrected chi connectivity index (χ1v) is 9.77. The van der Waals surface area contributed by atoms with E-state index in [0.717, 1.165) is 35.5 Å². The lowest BCUT2D eigenvalue weighted by Crippen LogP contribution is -2.38. The highest BCUT2D eigenvalue weighted by molar-refractivity contribution is 5.87. The van der Waals surface area contributed by atoms with Crippen molar-refractivity contribution in [3.8, 4) is 0 Å². The lowest BCUT2D eigenvalue weighted by molar-refractivity contribution is 0.0438. The molecule has 1 aliphatic heterocycles. The van der Waals surface area contributed by atoms with Crippen molar-refractivity contribution in [3.63, 3.8) is 0 Å². The molecule has 0 spiro atoms. The average molecular weight is 389 g/mol. The molecular formula is C21H31N3O4. The van der Waals surface area contributed by atoms with Gasteiger partial charge in [-0.1, -0.05) is 6.07 Å². The molecule has 1 heterocycles. The van der Waals surface area contributed by atoms with Gasteiger partial charge in [0.25, 0.3) is 0 Å². The molecule has 7 heteroatoms. The minimum Gasteiger partial charge on any atom is -0.444 e. The first kappa shape index (κ1) is 20.6. The number of nitrogens with one attached hydrogen (secondary N) is 1. The minimum atomic E-state index is -0.675. The normalized spacial score (nSPS) is 25.9. The van der Waals surface area contributed by atoms with E-state index in [1.54, 1.807) is 7.11 Å². The summed E-state index contributed by atoms with van der Waals surface area (Å²) in [5.74, 6) is 1.03. The Balaban J connectivity index is 1.78. The van der Waals surface area contributed by atoms with Gasteiger partial charge in [0.15, 0.2) is 0 Å². The highest BCUT2D eigenvalue weighted by atomic mass is 16.6. The van der Waals surface area contributed by atoms with Gasteiger partial charge in [0, 0.05) is 27.0 Å². The maximum Gasteiger partial charge on any atom is 0.408 e. The van der Waals surface area contributed by atoms with Crippen LogP contribution in [0.5, 0.6) is 0 Å². The fraction of sp³-hybridized carbons (Fsp3) is 0.619. The number of rotatable bonds is 4. The van der Waals surface area contributed by atoms with Crippen molar-refractivity contribution in [2.24, 2.45) is 4.99 Å². The minimum absolute atomic E-state index is 0.349. The van der Waals surface area contributed by atoms with Crippen molar-refractivity contribution < 1.29 is 19.4 Å². The number of aliphatic hydroxyl groups is 1. The molecule has 1 amide bonds. The molecule has 1 fully saturated rings. The van der Waals surface area contributed by atoms with Gasteiger partial charge in [0.1, 0.15) is 11.4 Å². The molecule has 1 saturated heterocycles. The van der Waals surface area contributed by atoms with Crippen LogP contribution in [-0.2, 0) is 15.9 Å². The number of alkyl carbamates (subject to hydrolysis) is 1. The zero-order chi connectivity index (χ0) is 20.5. The summed E-state index contributed by atoms with van der Waals surface area (Å²) < 4.78 is 10.6. The molecular weight excluding hydrogens is 358 g/mol. The number of amides is 1. The number of carbonyl (C=O) groups excluding carboxylic acids is 1. The first-order chi connectivity index (χ1) is 13.2. The molecule has 3 rings (SSSR count). The third-order valence-corrected chi connectivity index (χ3v) is 5.22. The van der Waals surface area contributed by atoms with Gasteiger partial charge in [-0.25, -0.2) is 9.79 Å². The number of methoxy groups -OCH3 is 1. The molecule has 1 aliphatic carbocycles. The van der Waals surface area contributed by atoms with E-state index in [2.05, 4.69) is 10.2 Å². The number of likely N-dealkylation sites (tertiary alicyclic amines) is 1. The van der Waals surface area contributed by atoms with E-state index in [4.69, 9.17) is 14.5 Å². The van der Waals surface area contributed by atoms with Gasteiger partial charge < -0.3 is 24.8 Å². The predicted octanol–water partition coefficient (Wildman–Crippen LogP) is 2.94. The van der Waals surface area contributed by atoms with Crippen LogP contribution in [0.25, 0.3) is 0 Å². The van der Waals surface area contributed by atoms with Crippen LogP contribution in [0.3, 0.4) is 0 Å². The van der Waals surface area contributed by atoms with Gasteiger partial charge in [-0.2, -0.15) is 0 Å². The number of fused-ring (bicyclic) bond motifs is 1. The molecule has 2 aliphatic rings. The Kier molecular flexibility index (Phi) is 5.95. The number of likely N-dealkylation sites (N-methyl/N-ethyl adjacent to an activating group) is 1. The zero-order valence-corrected chi connectivity index (χ0v) is 17.4. The van der Waals surface area contributed by atoms with Crippen molar-refractivity contribution in [1.29, 1.82) is 0 Å². The summed E-state index contributed by atoms with van der Waals surface area (Å²) in [6.07, 6.45) is 1.23. The van der Waals surface area contributed by atoms with Gasteiger partial charge in [-0.3, -0.25) is 0 Å². The average Bonchev–Trinajstić information content (AvgIpc) is 3.08. The lowest BCUT2D eigenvalue weighted by atomic mass is 10.1. The van der Waals surface area contributed by atoms with Crippen LogP contribution in [0.4, 0.5) is 10.5 Å². The fourth-order valence-electron chi connectivity index (χ4n) is 3.83. The van der Waals surface area contributed by atoms with E-state index in [1.807, 2.05) is 46.0 Å². The Morgan fingerprint density at radius 1 is 1.39 bits per heavy atom. The van der Waals surface area contributed by atoms with E-state index < -0.39 is 23.8 Å². The van der Waals surface area contributed by atoms with E-state index in [9.17, 15) is 9.90 Å². The molecule has 2 N–H and O–H groups in total. The van der Waals surface area contributed by atoms with Crippen molar-refractivity contribution in [1.82, 2.24) is 10.2 Å². The highest BCUT2D eigenvalue weighted by Crippen LogP contribution is 2.35. The van der Waals surface area contributed by atoms with Crippen molar-refractivity contribution >= 4 is 17.6 Å². The van der Waals surface area contributed by atoms with E-state index in [1.165, 1.54) is 0 Å². The van der Waals surface area contributed by atoms with Crippen LogP contribution in [0.15, 0.2) is 23.2 Å². The number of ether oxygens (including phenoxy) is 2. The number of amidine groups is 1. The molecule has 1 aromatic carbocycles. The number of aliphatic hydroxyl groups excluding tert-OH is 1. The van der Waals surface area contributed by atoms with Crippen LogP contribution >= 0.6 is 0 Å². The molecule has 0 aromatic heterocycles. The van der Waals surface area contributed by atoms with Crippen molar-refractivity contribution in [2.45, 2.75) is 63.8 Å². The Labute approximate surface area is 166 Å². The molecule has 28 heavy (non-hydrogen) atoms. The van der Waals surface area contributed by atoms with Crippen LogP contribution in [-0.4, -0.2) is 60.4 Å². The molecule has 7 nitrogen and oxygen atoms in total. The van der Waals surface area contributed by atoms with Crippen LogP contribution in [0.1, 0.15) is 50.8 Å². The van der Waals surface area contributed by atoms with E-state index in [0.29, 0.717) is 19.1 Å². The van der Waals surface area contributed by atoms with Gasteiger partial charge >= 0.3 is 6.09 Å². The summed E-state index contributed by atoms with van der Waals surface area (Å²) in [5.41, 5.74) is 2.16. The fourth-order valence-corrected chi connectivity index (χ4v) is 3.83. The second-order valence-electron chi connectivity index (χ2n) is 8.57. The standard InChI is InChI=1S/C21H31N3O4/c1-21(2,3)28-20(26)23-19-16-11-14(7-6-13(16)10-17(19)25)22-18-9-8-15(12-27-5)24(18)4/h6-7,11,15,17,19,25H,8-10,12H2,1-5H3,(H,23,26)/t15-,17-,19?/m1/s1. The van der Waals surface area contributed by atoms with Crippen molar-refractivity contribution in [2.75, 3.05) is 20.8 Å². The Hall–Kier alpha value is -2.12. The monoisotopic (exact) mass is 389 g/mol. The number of nitrogens with zero attached hydrogens (tertiary/aromatic N) is 2. The van der Waals surface area contributed by atoms with E-state index in [-0.39, 0.29) is 0 Å². The smallest absolute Gasteiger partial charge is 0.408 e. The maximum absolute atomic E-state index is 12.2. The largest absolute Gasteiger partial charge is 0.444 e. The summed E-state index contributed by atoms with van der Waals surface area (Å²) in [6.45, 7) is 6.13. The van der Waals surface area contributed by atoms with Crippen LogP contribution < -0.4 is 5.32 Å². The topological polar surface area (TPSA) is 83.4 Å². The summed E-state index contributed by atoms with van der Waals surface area (Å²) >= 11 is 0. The van der Waals surface area contributed by atoms with E-state index >= 15 is 0 Å². The zero-order valence-electron chi connectivity index (χ0n) is 17.4. The molecule has 0 saturated carbocycles. The van der Waals surface area contributed by atoms with Gasteiger partial charge in [-0.15, -0.1) is 0 Å². The van der Waals surface area contributed by atoms with Crippen molar-refractivity contribution in [3.05, 3.63) is 29.3 Å².